The maximum atomic E-state index is 11.6. The highest BCUT2D eigenvalue weighted by molar-refractivity contribution is 5.73. The molecule has 104 valence electrons. The second-order valence-corrected chi connectivity index (χ2v) is 5.90. The molecule has 0 radical (unpaired) electrons. The number of amides is 2. The lowest BCUT2D eigenvalue weighted by molar-refractivity contribution is -0.119. The Bertz CT molecular complexity index is 302. The summed E-state index contributed by atoms with van der Waals surface area (Å²) in [4.78, 5) is 22.5. The second kappa shape index (κ2) is 6.07. The molecule has 1 aliphatic carbocycles. The first-order valence-electron chi connectivity index (χ1n) is 6.53. The molecular weight excluding hydrogens is 232 g/mol. The third-order valence-corrected chi connectivity index (χ3v) is 2.86. The quantitative estimate of drug-likeness (QED) is 0.793. The van der Waals surface area contributed by atoms with Crippen LogP contribution in [0.25, 0.3) is 0 Å². The minimum atomic E-state index is -0.461. The number of carbonyl (C=O) groups excluding carboxylic acids is 2. The summed E-state index contributed by atoms with van der Waals surface area (Å²) in [5, 5.41) is 5.79. The molecule has 1 fully saturated rings. The molecule has 0 aliphatic heterocycles. The maximum absolute atomic E-state index is 11.6. The van der Waals surface area contributed by atoms with E-state index in [1.165, 1.54) is 6.92 Å². The van der Waals surface area contributed by atoms with Gasteiger partial charge < -0.3 is 15.4 Å². The number of carbonyl (C=O) groups is 2. The van der Waals surface area contributed by atoms with E-state index in [9.17, 15) is 9.59 Å². The summed E-state index contributed by atoms with van der Waals surface area (Å²) in [7, 11) is 0. The molecule has 1 aliphatic rings. The minimum absolute atomic E-state index is 0.0125. The van der Waals surface area contributed by atoms with E-state index in [0.717, 1.165) is 25.7 Å². The molecule has 0 atom stereocenters. The topological polar surface area (TPSA) is 67.4 Å². The lowest BCUT2D eigenvalue weighted by atomic mass is 9.91. The first kappa shape index (κ1) is 14.8. The summed E-state index contributed by atoms with van der Waals surface area (Å²) >= 11 is 0. The molecule has 0 aromatic carbocycles. The van der Waals surface area contributed by atoms with E-state index in [1.54, 1.807) is 0 Å². The Labute approximate surface area is 109 Å². The van der Waals surface area contributed by atoms with Crippen LogP contribution in [0.1, 0.15) is 53.4 Å². The third-order valence-electron chi connectivity index (χ3n) is 2.86. The number of hydrogen-bond donors (Lipinski definition) is 2. The van der Waals surface area contributed by atoms with Crippen LogP contribution in [0, 0.1) is 0 Å². The Balaban J connectivity index is 2.27. The molecular formula is C13H24N2O3. The van der Waals surface area contributed by atoms with Gasteiger partial charge in [-0.3, -0.25) is 4.79 Å². The fourth-order valence-electron chi connectivity index (χ4n) is 2.14. The van der Waals surface area contributed by atoms with Crippen LogP contribution in [0.15, 0.2) is 0 Å². The normalized spacial score (nSPS) is 24.2. The summed E-state index contributed by atoms with van der Waals surface area (Å²) in [6.07, 6.45) is 3.21. The third kappa shape index (κ3) is 5.89. The molecule has 1 rings (SSSR count). The van der Waals surface area contributed by atoms with Gasteiger partial charge in [0.25, 0.3) is 0 Å². The number of ether oxygens (including phenoxy) is 1. The van der Waals surface area contributed by atoms with E-state index in [4.69, 9.17) is 4.74 Å². The van der Waals surface area contributed by atoms with Crippen molar-refractivity contribution in [2.45, 2.75) is 71.1 Å². The van der Waals surface area contributed by atoms with Crippen LogP contribution in [-0.2, 0) is 9.53 Å². The summed E-state index contributed by atoms with van der Waals surface area (Å²) in [6.45, 7) is 7.08. The first-order valence-corrected chi connectivity index (χ1v) is 6.53. The van der Waals surface area contributed by atoms with Gasteiger partial charge in [-0.15, -0.1) is 0 Å². The molecule has 0 aromatic rings. The van der Waals surface area contributed by atoms with Crippen molar-refractivity contribution < 1.29 is 14.3 Å². The molecule has 5 nitrogen and oxygen atoms in total. The zero-order valence-corrected chi connectivity index (χ0v) is 11.7. The van der Waals surface area contributed by atoms with Gasteiger partial charge in [-0.2, -0.15) is 0 Å². The average molecular weight is 256 g/mol. The van der Waals surface area contributed by atoms with Crippen molar-refractivity contribution in [2.24, 2.45) is 0 Å². The molecule has 1 saturated carbocycles. The Kier molecular flexibility index (Phi) is 4.99. The smallest absolute Gasteiger partial charge is 0.407 e. The molecule has 0 bridgehead atoms. The lowest BCUT2D eigenvalue weighted by Gasteiger charge is -2.30. The summed E-state index contributed by atoms with van der Waals surface area (Å²) in [6, 6.07) is 0.407. The molecule has 0 saturated heterocycles. The molecule has 18 heavy (non-hydrogen) atoms. The van der Waals surface area contributed by atoms with E-state index in [1.807, 2.05) is 20.8 Å². The van der Waals surface area contributed by atoms with Gasteiger partial charge in [0.05, 0.1) is 0 Å². The van der Waals surface area contributed by atoms with Gasteiger partial charge in [-0.05, 0) is 46.5 Å². The van der Waals surface area contributed by atoms with E-state index in [-0.39, 0.29) is 24.1 Å². The summed E-state index contributed by atoms with van der Waals surface area (Å²) < 4.78 is 5.21. The number of hydrogen-bond acceptors (Lipinski definition) is 3. The van der Waals surface area contributed by atoms with Gasteiger partial charge in [-0.25, -0.2) is 4.79 Å². The first-order chi connectivity index (χ1) is 8.26. The van der Waals surface area contributed by atoms with Crippen molar-refractivity contribution in [1.82, 2.24) is 10.6 Å². The Morgan fingerprint density at radius 1 is 1.00 bits per heavy atom. The maximum Gasteiger partial charge on any atom is 0.407 e. The van der Waals surface area contributed by atoms with E-state index in [0.29, 0.717) is 0 Å². The molecule has 0 spiro atoms. The zero-order valence-electron chi connectivity index (χ0n) is 11.7. The number of rotatable bonds is 2. The second-order valence-electron chi connectivity index (χ2n) is 5.90. The van der Waals surface area contributed by atoms with Crippen LogP contribution in [0.5, 0.6) is 0 Å². The highest BCUT2D eigenvalue weighted by Crippen LogP contribution is 2.19. The molecule has 0 aromatic heterocycles. The molecule has 2 amide bonds. The van der Waals surface area contributed by atoms with Crippen LogP contribution < -0.4 is 10.6 Å². The van der Waals surface area contributed by atoms with Gasteiger partial charge in [-0.1, -0.05) is 0 Å². The molecule has 5 heteroatoms. The van der Waals surface area contributed by atoms with Gasteiger partial charge in [0.15, 0.2) is 0 Å². The molecule has 0 unspecified atom stereocenters. The van der Waals surface area contributed by atoms with Crippen molar-refractivity contribution in [2.75, 3.05) is 0 Å². The minimum Gasteiger partial charge on any atom is -0.444 e. The number of alkyl carbamates (subject to hydrolysis) is 1. The van der Waals surface area contributed by atoms with Gasteiger partial charge in [0, 0.05) is 19.0 Å². The molecule has 2 N–H and O–H groups in total. The predicted octanol–water partition coefficient (Wildman–Crippen LogP) is 1.96. The fourth-order valence-corrected chi connectivity index (χ4v) is 2.14. The Hall–Kier alpha value is -1.26. The van der Waals surface area contributed by atoms with E-state index in [2.05, 4.69) is 10.6 Å². The summed E-state index contributed by atoms with van der Waals surface area (Å²) in [5.41, 5.74) is -0.461. The zero-order chi connectivity index (χ0) is 13.8. The van der Waals surface area contributed by atoms with Crippen molar-refractivity contribution in [3.05, 3.63) is 0 Å². The van der Waals surface area contributed by atoms with Gasteiger partial charge in [0.1, 0.15) is 5.60 Å². The van der Waals surface area contributed by atoms with Crippen LogP contribution in [0.2, 0.25) is 0 Å². The predicted molar refractivity (Wildman–Crippen MR) is 69.2 cm³/mol. The van der Waals surface area contributed by atoms with Gasteiger partial charge in [0.2, 0.25) is 5.91 Å². The highest BCUT2D eigenvalue weighted by atomic mass is 16.6. The van der Waals surface area contributed by atoms with E-state index < -0.39 is 5.60 Å². The largest absolute Gasteiger partial charge is 0.444 e. The molecule has 0 heterocycles. The fraction of sp³-hybridized carbons (Fsp3) is 0.846. The Morgan fingerprint density at radius 2 is 1.44 bits per heavy atom. The highest BCUT2D eigenvalue weighted by Gasteiger charge is 2.24. The van der Waals surface area contributed by atoms with Crippen molar-refractivity contribution >= 4 is 12.0 Å². The van der Waals surface area contributed by atoms with Crippen molar-refractivity contribution in [3.8, 4) is 0 Å². The van der Waals surface area contributed by atoms with E-state index >= 15 is 0 Å². The SMILES string of the molecule is CC(=O)N[C@H]1CC[C@@H](NC(=O)OC(C)(C)C)CC1. The monoisotopic (exact) mass is 256 g/mol. The van der Waals surface area contributed by atoms with Crippen LogP contribution >= 0.6 is 0 Å². The van der Waals surface area contributed by atoms with Crippen LogP contribution in [0.3, 0.4) is 0 Å². The average Bonchev–Trinajstić information content (AvgIpc) is 2.17. The standard InChI is InChI=1S/C13H24N2O3/c1-9(16)14-10-5-7-11(8-6-10)15-12(17)18-13(2,3)4/h10-11H,5-8H2,1-4H3,(H,14,16)(H,15,17)/t10-,11+. The Morgan fingerprint density at radius 3 is 1.83 bits per heavy atom. The van der Waals surface area contributed by atoms with Crippen molar-refractivity contribution in [1.29, 1.82) is 0 Å². The number of nitrogens with one attached hydrogen (secondary N) is 2. The summed E-state index contributed by atoms with van der Waals surface area (Å²) in [5.74, 6) is 0.0125. The van der Waals surface area contributed by atoms with Crippen LogP contribution in [0.4, 0.5) is 4.79 Å². The lowest BCUT2D eigenvalue weighted by Crippen LogP contribution is -2.44. The van der Waals surface area contributed by atoms with Gasteiger partial charge >= 0.3 is 6.09 Å². The van der Waals surface area contributed by atoms with Crippen LogP contribution in [-0.4, -0.2) is 29.7 Å². The van der Waals surface area contributed by atoms with Crippen molar-refractivity contribution in [3.63, 3.8) is 0 Å².